The van der Waals surface area contributed by atoms with Crippen molar-refractivity contribution in [2.75, 3.05) is 13.7 Å². The fourth-order valence-corrected chi connectivity index (χ4v) is 10.4. The number of hydrogen-bond acceptors (Lipinski definition) is 5. The van der Waals surface area contributed by atoms with Gasteiger partial charge in [0.1, 0.15) is 0 Å². The van der Waals surface area contributed by atoms with Gasteiger partial charge in [0, 0.05) is 49.0 Å². The van der Waals surface area contributed by atoms with E-state index in [1.54, 1.807) is 7.05 Å². The monoisotopic (exact) mass is 586 g/mol. The lowest BCUT2D eigenvalue weighted by Gasteiger charge is -2.56. The SMILES string of the molecule is CN=C(N)N[C@H]1C#C[C@H]2C[C@@H](CCO)C=C(Cc3cc4ccccc4[nH]3)[C@]23C[C@H]2CC[C@@H]3[C@H]3[C@H](C[C@H](O)[C@@]3(O)C1)[C@]2(C)O. The van der Waals surface area contributed by atoms with Crippen LogP contribution in [0.2, 0.25) is 0 Å². The lowest BCUT2D eigenvalue weighted by atomic mass is 9.48. The Morgan fingerprint density at radius 1 is 1.14 bits per heavy atom. The van der Waals surface area contributed by atoms with Crippen LogP contribution in [0.4, 0.5) is 0 Å². The number of benzene rings is 1. The standard InChI is InChI=1S/C35H46N4O4/c1-33(42)23-8-10-27-31-28(33)17-30(41)35(31,43)19-25(39-32(36)37-2)9-7-22-13-20(11-12-40)14-24(34(22,27)18-23)16-26-15-21-5-3-4-6-29(21)38-26/h3-6,14-15,20,22-23,25,27-28,30-31,38,40-43H,8,10-13,16-19H2,1-2H3,(H3,36,37,39)/t20-,22+,23-,25+,27-,28+,30+,31+,33-,34+,35+/m1/s1. The van der Waals surface area contributed by atoms with Crippen LogP contribution in [0, 0.1) is 52.8 Å². The van der Waals surface area contributed by atoms with Crippen LogP contribution in [-0.4, -0.2) is 68.4 Å². The summed E-state index contributed by atoms with van der Waals surface area (Å²) in [6, 6.07) is 10.1. The Morgan fingerprint density at radius 2 is 1.95 bits per heavy atom. The van der Waals surface area contributed by atoms with Gasteiger partial charge in [0.2, 0.25) is 0 Å². The summed E-state index contributed by atoms with van der Waals surface area (Å²) >= 11 is 0. The summed E-state index contributed by atoms with van der Waals surface area (Å²) in [5.74, 6) is 7.14. The molecule has 8 N–H and O–H groups in total. The lowest BCUT2D eigenvalue weighted by molar-refractivity contribution is -0.127. The zero-order chi connectivity index (χ0) is 30.1. The Bertz CT molecular complexity index is 1490. The number of nitrogens with two attached hydrogens (primary N) is 1. The van der Waals surface area contributed by atoms with Crippen molar-refractivity contribution in [1.82, 2.24) is 10.3 Å². The quantitative estimate of drug-likeness (QED) is 0.124. The molecule has 0 saturated heterocycles. The van der Waals surface area contributed by atoms with Gasteiger partial charge in [0.05, 0.1) is 23.3 Å². The lowest BCUT2D eigenvalue weighted by Crippen LogP contribution is -2.56. The molecular formula is C35H46N4O4. The van der Waals surface area contributed by atoms with Gasteiger partial charge in [-0.25, -0.2) is 0 Å². The van der Waals surface area contributed by atoms with E-state index >= 15 is 0 Å². The van der Waals surface area contributed by atoms with Crippen molar-refractivity contribution in [3.05, 3.63) is 47.7 Å². The molecule has 4 fully saturated rings. The van der Waals surface area contributed by atoms with Gasteiger partial charge >= 0.3 is 0 Å². The molecule has 11 atom stereocenters. The number of aliphatic hydroxyl groups excluding tert-OH is 2. The van der Waals surface area contributed by atoms with Gasteiger partial charge in [-0.1, -0.05) is 41.7 Å². The topological polar surface area (TPSA) is 147 Å². The predicted molar refractivity (Wildman–Crippen MR) is 167 cm³/mol. The van der Waals surface area contributed by atoms with E-state index in [9.17, 15) is 20.4 Å². The van der Waals surface area contributed by atoms with Crippen LogP contribution in [0.25, 0.3) is 10.9 Å². The number of para-hydroxylation sites is 1. The van der Waals surface area contributed by atoms with Crippen LogP contribution in [0.1, 0.15) is 57.6 Å². The molecule has 0 radical (unpaired) electrons. The number of guanidine groups is 1. The number of nitrogens with zero attached hydrogens (tertiary/aromatic N) is 1. The van der Waals surface area contributed by atoms with Crippen LogP contribution >= 0.6 is 0 Å². The maximum atomic E-state index is 12.7. The van der Waals surface area contributed by atoms with Gasteiger partial charge in [-0.3, -0.25) is 4.99 Å². The third kappa shape index (κ3) is 4.38. The molecule has 0 amide bonds. The molecule has 1 spiro atoms. The Hall–Kier alpha value is -2.83. The van der Waals surface area contributed by atoms with Crippen LogP contribution in [0.15, 0.2) is 47.0 Å². The molecule has 8 heteroatoms. The summed E-state index contributed by atoms with van der Waals surface area (Å²) in [5.41, 5.74) is 6.83. The highest BCUT2D eigenvalue weighted by Gasteiger charge is 2.71. The highest BCUT2D eigenvalue weighted by molar-refractivity contribution is 5.80. The van der Waals surface area contributed by atoms with E-state index in [0.29, 0.717) is 12.8 Å². The number of H-pyrrole nitrogens is 1. The normalized spacial score (nSPS) is 43.5. The minimum atomic E-state index is -1.44. The zero-order valence-corrected chi connectivity index (χ0v) is 25.3. The maximum absolute atomic E-state index is 12.7. The van der Waals surface area contributed by atoms with E-state index < -0.39 is 23.3 Å². The molecule has 8 rings (SSSR count). The number of allylic oxidation sites excluding steroid dienone is 2. The van der Waals surface area contributed by atoms with E-state index in [0.717, 1.165) is 43.3 Å². The van der Waals surface area contributed by atoms with Crippen molar-refractivity contribution >= 4 is 16.9 Å². The minimum absolute atomic E-state index is 0.0278. The Kier molecular flexibility index (Phi) is 6.98. The first kappa shape index (κ1) is 28.9. The van der Waals surface area contributed by atoms with E-state index in [2.05, 4.69) is 57.5 Å². The number of aromatic amines is 1. The van der Waals surface area contributed by atoms with E-state index in [-0.39, 0.29) is 59.9 Å². The fourth-order valence-electron chi connectivity index (χ4n) is 10.4. The number of fused-ring (bicyclic) bond motifs is 2. The Labute approximate surface area is 253 Å². The van der Waals surface area contributed by atoms with Gasteiger partial charge in [0.25, 0.3) is 0 Å². The van der Waals surface area contributed by atoms with Gasteiger partial charge in [0.15, 0.2) is 5.96 Å². The van der Waals surface area contributed by atoms with E-state index in [4.69, 9.17) is 5.73 Å². The van der Waals surface area contributed by atoms with Gasteiger partial charge in [-0.05, 0) is 92.6 Å². The molecule has 1 heterocycles. The summed E-state index contributed by atoms with van der Waals surface area (Å²) in [7, 11) is 1.61. The van der Waals surface area contributed by atoms with Crippen LogP contribution in [0.3, 0.4) is 0 Å². The van der Waals surface area contributed by atoms with Crippen LogP contribution in [-0.2, 0) is 6.42 Å². The molecule has 0 aliphatic heterocycles. The zero-order valence-electron chi connectivity index (χ0n) is 25.3. The Balaban J connectivity index is 1.44. The van der Waals surface area contributed by atoms with Crippen molar-refractivity contribution in [3.63, 3.8) is 0 Å². The molecule has 230 valence electrons. The summed E-state index contributed by atoms with van der Waals surface area (Å²) in [4.78, 5) is 7.74. The Morgan fingerprint density at radius 3 is 2.72 bits per heavy atom. The van der Waals surface area contributed by atoms with Gasteiger partial charge in [-0.15, -0.1) is 0 Å². The maximum Gasteiger partial charge on any atom is 0.189 e. The van der Waals surface area contributed by atoms with E-state index in [1.165, 1.54) is 11.0 Å². The second-order valence-electron chi connectivity index (χ2n) is 14.3. The first-order chi connectivity index (χ1) is 20.6. The summed E-state index contributed by atoms with van der Waals surface area (Å²) in [6.45, 7) is 2.07. The number of aliphatic imine (C=N–C) groups is 1. The van der Waals surface area contributed by atoms with Crippen molar-refractivity contribution < 1.29 is 20.4 Å². The smallest absolute Gasteiger partial charge is 0.189 e. The molecule has 6 aliphatic carbocycles. The molecule has 1 aromatic heterocycles. The van der Waals surface area contributed by atoms with Crippen molar-refractivity contribution in [2.24, 2.45) is 51.6 Å². The predicted octanol–water partition coefficient (Wildman–Crippen LogP) is 2.86. The average molecular weight is 587 g/mol. The number of aromatic nitrogens is 1. The third-order valence-corrected chi connectivity index (χ3v) is 12.3. The summed E-state index contributed by atoms with van der Waals surface area (Å²) in [6.07, 6.45) is 6.79. The number of aliphatic hydroxyl groups is 4. The number of rotatable bonds is 5. The molecule has 4 bridgehead atoms. The summed E-state index contributed by atoms with van der Waals surface area (Å²) < 4.78 is 0. The highest BCUT2D eigenvalue weighted by atomic mass is 16.3. The van der Waals surface area contributed by atoms with Gasteiger partial charge in [-0.2, -0.15) is 0 Å². The fraction of sp³-hybridized carbons (Fsp3) is 0.629. The molecule has 0 unspecified atom stereocenters. The molecule has 2 aromatic rings. The van der Waals surface area contributed by atoms with Crippen molar-refractivity contribution in [3.8, 4) is 11.8 Å². The largest absolute Gasteiger partial charge is 0.396 e. The number of hydrogen-bond donors (Lipinski definition) is 7. The second-order valence-corrected chi connectivity index (χ2v) is 14.3. The van der Waals surface area contributed by atoms with Crippen molar-refractivity contribution in [2.45, 2.75) is 81.6 Å². The molecule has 4 saturated carbocycles. The van der Waals surface area contributed by atoms with Crippen molar-refractivity contribution in [1.29, 1.82) is 0 Å². The molecule has 43 heavy (non-hydrogen) atoms. The number of nitrogens with one attached hydrogen (secondary N) is 2. The third-order valence-electron chi connectivity index (χ3n) is 12.3. The molecule has 8 nitrogen and oxygen atoms in total. The molecular weight excluding hydrogens is 540 g/mol. The highest BCUT2D eigenvalue weighted by Crippen LogP contribution is 2.70. The first-order valence-electron chi connectivity index (χ1n) is 16.1. The summed E-state index contributed by atoms with van der Waals surface area (Å²) in [5, 5.41) is 51.0. The average Bonchev–Trinajstić information content (AvgIpc) is 3.46. The van der Waals surface area contributed by atoms with Crippen LogP contribution in [0.5, 0.6) is 0 Å². The second kappa shape index (κ2) is 10.4. The van der Waals surface area contributed by atoms with Crippen LogP contribution < -0.4 is 11.1 Å². The minimum Gasteiger partial charge on any atom is -0.396 e. The van der Waals surface area contributed by atoms with Gasteiger partial charge < -0.3 is 36.5 Å². The van der Waals surface area contributed by atoms with E-state index in [1.807, 2.05) is 13.0 Å². The first-order valence-corrected chi connectivity index (χ1v) is 16.1. The molecule has 1 aromatic carbocycles. The molecule has 6 aliphatic rings.